The first-order valence-corrected chi connectivity index (χ1v) is 14.0. The summed E-state index contributed by atoms with van der Waals surface area (Å²) in [7, 11) is -3.46. The Morgan fingerprint density at radius 2 is 1.92 bits per heavy atom. The molecule has 3 aromatic heterocycles. The molecule has 3 aliphatic rings. The summed E-state index contributed by atoms with van der Waals surface area (Å²) in [6.07, 6.45) is 10.0. The zero-order valence-corrected chi connectivity index (χ0v) is 21.1. The first kappa shape index (κ1) is 23.7. The van der Waals surface area contributed by atoms with Gasteiger partial charge in [-0.25, -0.2) is 23.4 Å². The molecule has 3 heterocycles. The minimum atomic E-state index is -3.46. The first-order chi connectivity index (χ1) is 17.8. The molecule has 0 saturated heterocycles. The first-order valence-electron chi connectivity index (χ1n) is 12.4. The molecule has 0 spiro atoms. The summed E-state index contributed by atoms with van der Waals surface area (Å²) in [6, 6.07) is 5.07. The lowest BCUT2D eigenvalue weighted by atomic mass is 9.88. The number of hydrogen-bond donors (Lipinski definition) is 2. The Labute approximate surface area is 214 Å². The molecule has 6 rings (SSSR count). The van der Waals surface area contributed by atoms with Crippen molar-refractivity contribution in [3.05, 3.63) is 54.5 Å². The van der Waals surface area contributed by atoms with E-state index in [1.165, 1.54) is 6.33 Å². The van der Waals surface area contributed by atoms with Gasteiger partial charge in [0.2, 0.25) is 15.9 Å². The lowest BCUT2D eigenvalue weighted by Gasteiger charge is -2.31. The summed E-state index contributed by atoms with van der Waals surface area (Å²) in [6.45, 7) is 2.36. The summed E-state index contributed by atoms with van der Waals surface area (Å²) in [4.78, 5) is 34.8. The number of anilines is 1. The monoisotopic (exact) mass is 521 g/mol. The fourth-order valence-electron chi connectivity index (χ4n) is 5.11. The molecule has 0 aromatic carbocycles. The van der Waals surface area contributed by atoms with Crippen molar-refractivity contribution in [2.45, 2.75) is 49.8 Å². The maximum atomic E-state index is 13.3. The number of amides is 1. The van der Waals surface area contributed by atoms with E-state index in [4.69, 9.17) is 4.74 Å². The second-order valence-corrected chi connectivity index (χ2v) is 11.9. The number of aromatic nitrogens is 5. The highest BCUT2D eigenvalue weighted by Crippen LogP contribution is 2.59. The van der Waals surface area contributed by atoms with Gasteiger partial charge in [-0.05, 0) is 63.0 Å². The second kappa shape index (κ2) is 9.02. The van der Waals surface area contributed by atoms with Crippen molar-refractivity contribution < 1.29 is 17.9 Å². The van der Waals surface area contributed by atoms with Crippen molar-refractivity contribution in [3.63, 3.8) is 0 Å². The van der Waals surface area contributed by atoms with Gasteiger partial charge in [0.25, 0.3) is 5.91 Å². The molecule has 2 N–H and O–H groups in total. The van der Waals surface area contributed by atoms with Gasteiger partial charge in [-0.15, -0.1) is 0 Å². The minimum Gasteiger partial charge on any atom is -0.477 e. The van der Waals surface area contributed by atoms with Crippen LogP contribution < -0.4 is 14.8 Å². The van der Waals surface area contributed by atoms with Crippen LogP contribution in [0, 0.1) is 11.8 Å². The molecule has 2 unspecified atom stereocenters. The number of sulfonamides is 1. The van der Waals surface area contributed by atoms with Gasteiger partial charge >= 0.3 is 0 Å². The SMILES string of the molecule is CCOc1cncc(-c2ccc(C(=O)NC3(c4cc(NS(=O)(=O)C5CC5)ncn4)CC4CC4C3)nc2)n1. The van der Waals surface area contributed by atoms with Gasteiger partial charge in [-0.3, -0.25) is 19.5 Å². The highest BCUT2D eigenvalue weighted by Gasteiger charge is 2.56. The molecule has 0 bridgehead atoms. The molecule has 37 heavy (non-hydrogen) atoms. The Kier molecular flexibility index (Phi) is 5.78. The lowest BCUT2D eigenvalue weighted by Crippen LogP contribution is -2.46. The van der Waals surface area contributed by atoms with E-state index in [-0.39, 0.29) is 22.7 Å². The van der Waals surface area contributed by atoms with Crippen LogP contribution in [-0.4, -0.2) is 51.1 Å². The molecule has 2 atom stereocenters. The van der Waals surface area contributed by atoms with Crippen LogP contribution in [-0.2, 0) is 15.6 Å². The number of ether oxygens (including phenoxy) is 1. The summed E-state index contributed by atoms with van der Waals surface area (Å²) in [5.74, 6) is 1.37. The third-order valence-corrected chi connectivity index (χ3v) is 9.05. The summed E-state index contributed by atoms with van der Waals surface area (Å²) < 4.78 is 32.8. The van der Waals surface area contributed by atoms with Gasteiger partial charge in [0, 0.05) is 17.8 Å². The van der Waals surface area contributed by atoms with Crippen LogP contribution >= 0.6 is 0 Å². The van der Waals surface area contributed by atoms with Crippen LogP contribution in [0.3, 0.4) is 0 Å². The lowest BCUT2D eigenvalue weighted by molar-refractivity contribution is 0.0883. The molecular weight excluding hydrogens is 494 g/mol. The van der Waals surface area contributed by atoms with Gasteiger partial charge in [0.05, 0.1) is 41.2 Å². The van der Waals surface area contributed by atoms with Crippen LogP contribution in [0.1, 0.15) is 55.2 Å². The van der Waals surface area contributed by atoms with Gasteiger partial charge in [0.15, 0.2) is 0 Å². The van der Waals surface area contributed by atoms with Gasteiger partial charge in [0.1, 0.15) is 17.8 Å². The number of rotatable bonds is 9. The largest absolute Gasteiger partial charge is 0.477 e. The molecule has 1 amide bonds. The molecule has 0 radical (unpaired) electrons. The minimum absolute atomic E-state index is 0.226. The summed E-state index contributed by atoms with van der Waals surface area (Å²) in [5.41, 5.74) is 1.48. The number of hydrogen-bond acceptors (Lipinski definition) is 9. The van der Waals surface area contributed by atoms with E-state index >= 15 is 0 Å². The van der Waals surface area contributed by atoms with E-state index in [9.17, 15) is 13.2 Å². The van der Waals surface area contributed by atoms with Crippen LogP contribution in [0.5, 0.6) is 5.88 Å². The van der Waals surface area contributed by atoms with Crippen molar-refractivity contribution >= 4 is 21.7 Å². The standard InChI is InChI=1S/C25H27N7O4S/c1-2-36-23-13-26-12-20(30-23)15-3-6-19(27-11-15)24(33)31-25(9-16-7-17(16)10-25)21-8-22(29-14-28-21)32-37(34,35)18-4-5-18/h3,6,8,11-14,16-18H,2,4-5,7,9-10H2,1H3,(H,31,33)(H,28,29,32). The number of pyridine rings is 1. The zero-order chi connectivity index (χ0) is 25.6. The van der Waals surface area contributed by atoms with Crippen molar-refractivity contribution in [3.8, 4) is 17.1 Å². The maximum Gasteiger partial charge on any atom is 0.270 e. The average Bonchev–Trinajstić information content (AvgIpc) is 3.83. The fraction of sp³-hybridized carbons (Fsp3) is 0.440. The van der Waals surface area contributed by atoms with E-state index in [0.717, 1.165) is 19.3 Å². The van der Waals surface area contributed by atoms with Gasteiger partial charge in [-0.2, -0.15) is 0 Å². The third kappa shape index (κ3) is 4.85. The van der Waals surface area contributed by atoms with E-state index in [1.807, 2.05) is 6.92 Å². The normalized spacial score (nSPS) is 24.2. The Hall–Kier alpha value is -3.67. The number of fused-ring (bicyclic) bond motifs is 1. The Morgan fingerprint density at radius 1 is 1.11 bits per heavy atom. The van der Waals surface area contributed by atoms with E-state index in [1.54, 1.807) is 36.8 Å². The number of carbonyl (C=O) groups excluding carboxylic acids is 1. The molecule has 3 aliphatic carbocycles. The highest BCUT2D eigenvalue weighted by molar-refractivity contribution is 7.93. The topological polar surface area (TPSA) is 149 Å². The Bertz CT molecular complexity index is 1430. The zero-order valence-electron chi connectivity index (χ0n) is 20.3. The van der Waals surface area contributed by atoms with E-state index in [2.05, 4.69) is 35.0 Å². The van der Waals surface area contributed by atoms with Crippen LogP contribution in [0.2, 0.25) is 0 Å². The molecule has 3 fully saturated rings. The number of carbonyl (C=O) groups is 1. The summed E-state index contributed by atoms with van der Waals surface area (Å²) in [5, 5.41) is 2.82. The number of nitrogens with zero attached hydrogens (tertiary/aromatic N) is 5. The van der Waals surface area contributed by atoms with E-state index < -0.39 is 15.6 Å². The van der Waals surface area contributed by atoms with Crippen LogP contribution in [0.4, 0.5) is 5.82 Å². The molecule has 0 aliphatic heterocycles. The third-order valence-electron chi connectivity index (χ3n) is 7.21. The van der Waals surface area contributed by atoms with Crippen molar-refractivity contribution in [2.75, 3.05) is 11.3 Å². The molecule has 11 nitrogen and oxygen atoms in total. The van der Waals surface area contributed by atoms with Crippen LogP contribution in [0.25, 0.3) is 11.3 Å². The van der Waals surface area contributed by atoms with Gasteiger partial charge < -0.3 is 10.1 Å². The predicted octanol–water partition coefficient (Wildman–Crippen LogP) is 2.69. The molecule has 3 saturated carbocycles. The average molecular weight is 522 g/mol. The summed E-state index contributed by atoms with van der Waals surface area (Å²) >= 11 is 0. The van der Waals surface area contributed by atoms with Crippen molar-refractivity contribution in [1.82, 2.24) is 30.2 Å². The second-order valence-electron chi connectivity index (χ2n) is 9.94. The van der Waals surface area contributed by atoms with Gasteiger partial charge in [-0.1, -0.05) is 0 Å². The van der Waals surface area contributed by atoms with E-state index in [0.29, 0.717) is 54.1 Å². The number of nitrogens with one attached hydrogen (secondary N) is 2. The van der Waals surface area contributed by atoms with Crippen LogP contribution in [0.15, 0.2) is 43.1 Å². The Morgan fingerprint density at radius 3 is 2.62 bits per heavy atom. The molecule has 12 heteroatoms. The fourth-order valence-corrected chi connectivity index (χ4v) is 6.44. The van der Waals surface area contributed by atoms with Crippen molar-refractivity contribution in [2.24, 2.45) is 11.8 Å². The molecular formula is C25H27N7O4S. The molecule has 192 valence electrons. The highest BCUT2D eigenvalue weighted by atomic mass is 32.2. The Balaban J connectivity index is 1.22. The predicted molar refractivity (Wildman–Crippen MR) is 134 cm³/mol. The van der Waals surface area contributed by atoms with Crippen molar-refractivity contribution in [1.29, 1.82) is 0 Å². The smallest absolute Gasteiger partial charge is 0.270 e. The maximum absolute atomic E-state index is 13.3. The quantitative estimate of drug-likeness (QED) is 0.433. The molecule has 3 aromatic rings.